The van der Waals surface area contributed by atoms with E-state index in [1.165, 1.54) is 10.6 Å². The topological polar surface area (TPSA) is 58.2 Å². The second kappa shape index (κ2) is 9.93. The Labute approximate surface area is 191 Å². The maximum absolute atomic E-state index is 14.1. The van der Waals surface area contributed by atoms with Gasteiger partial charge in [-0.2, -0.15) is 26.3 Å². The number of halogens is 10. The highest BCUT2D eigenvalue weighted by Crippen LogP contribution is 2.44. The van der Waals surface area contributed by atoms with Crippen LogP contribution in [0.25, 0.3) is 0 Å². The Morgan fingerprint density at radius 1 is 0.688 bits per heavy atom. The molecule has 2 aromatic rings. The lowest BCUT2D eigenvalue weighted by Crippen LogP contribution is -2.30. The number of rotatable bonds is 5. The van der Waals surface area contributed by atoms with Crippen molar-refractivity contribution in [3.63, 3.8) is 0 Å². The molecule has 32 heavy (non-hydrogen) atoms. The molecule has 0 aliphatic carbocycles. The van der Waals surface area contributed by atoms with E-state index in [0.29, 0.717) is 33.7 Å². The van der Waals surface area contributed by atoms with E-state index in [4.69, 9.17) is 23.2 Å². The molecule has 0 atom stereocenters. The summed E-state index contributed by atoms with van der Waals surface area (Å²) < 4.78 is 103. The molecule has 0 unspecified atom stereocenters. The Morgan fingerprint density at radius 3 is 1.28 bits per heavy atom. The van der Waals surface area contributed by atoms with E-state index in [1.807, 2.05) is 0 Å². The van der Waals surface area contributed by atoms with Gasteiger partial charge < -0.3 is 10.6 Å². The molecule has 2 aromatic carbocycles. The van der Waals surface area contributed by atoms with E-state index in [9.17, 15) is 44.7 Å². The first-order chi connectivity index (χ1) is 14.6. The molecule has 0 bridgehead atoms. The van der Waals surface area contributed by atoms with Gasteiger partial charge in [0.1, 0.15) is 11.6 Å². The van der Waals surface area contributed by atoms with Crippen molar-refractivity contribution in [1.82, 2.24) is 0 Å². The Balaban J connectivity index is 2.26. The van der Waals surface area contributed by atoms with Crippen LogP contribution in [0.2, 0.25) is 10.0 Å². The number of carbonyl (C=O) groups is 2. The summed E-state index contributed by atoms with van der Waals surface area (Å²) in [7, 11) is 0.886. The molecule has 0 saturated heterocycles. The van der Waals surface area contributed by atoms with Gasteiger partial charge in [0.15, 0.2) is 0 Å². The lowest BCUT2D eigenvalue weighted by atomic mass is 10.3. The second-order valence-corrected chi connectivity index (χ2v) is 8.62. The summed E-state index contributed by atoms with van der Waals surface area (Å²) in [6, 6.07) is 2.70. The molecule has 2 amide bonds. The summed E-state index contributed by atoms with van der Waals surface area (Å²) in [5.74, 6) is -6.83. The summed E-state index contributed by atoms with van der Waals surface area (Å²) >= 11 is 11.2. The zero-order valence-electron chi connectivity index (χ0n) is 14.7. The quantitative estimate of drug-likeness (QED) is 0.312. The molecule has 0 aromatic heterocycles. The van der Waals surface area contributed by atoms with Crippen molar-refractivity contribution in [3.8, 4) is 0 Å². The summed E-state index contributed by atoms with van der Waals surface area (Å²) in [6.45, 7) is 0. The number of hydrogen-bond donors (Lipinski definition) is 2. The average molecular weight is 545 g/mol. The lowest BCUT2D eigenvalue weighted by Gasteiger charge is -2.13. The van der Waals surface area contributed by atoms with Crippen LogP contribution in [0.5, 0.6) is 0 Å². The van der Waals surface area contributed by atoms with Gasteiger partial charge in [-0.1, -0.05) is 23.2 Å². The van der Waals surface area contributed by atoms with Crippen molar-refractivity contribution in [3.05, 3.63) is 45.9 Å². The van der Waals surface area contributed by atoms with Gasteiger partial charge in [0.05, 0.1) is 31.2 Å². The molecule has 2 rings (SSSR count). The number of nitrogens with one attached hydrogen (secondary N) is 2. The lowest BCUT2D eigenvalue weighted by molar-refractivity contribution is -0.167. The number of hydrogen-bond acceptors (Lipinski definition) is 4. The normalized spacial score (nSPS) is 11.9. The number of carbonyl (C=O) groups excluding carboxylic acids is 2. The standard InChI is InChI=1S/C16H6Cl2F8N2O2S2/c17-5-1-7(19)11(3-9(5)27-13(29)15(21,22)23)31-32-12-4-10(6(18)2-8(12)20)28-14(30)16(24,25)26/h1-4H,(H,27,29)(H,28,30). The van der Waals surface area contributed by atoms with Gasteiger partial charge in [-0.3, -0.25) is 9.59 Å². The molecule has 16 heteroatoms. The molecule has 0 heterocycles. The predicted octanol–water partition coefficient (Wildman–Crippen LogP) is 7.07. The first-order valence-electron chi connectivity index (χ1n) is 7.68. The zero-order valence-corrected chi connectivity index (χ0v) is 17.9. The minimum absolute atomic E-state index is 0.396. The van der Waals surface area contributed by atoms with Crippen LogP contribution in [-0.4, -0.2) is 24.2 Å². The first-order valence-corrected chi connectivity index (χ1v) is 10.6. The highest BCUT2D eigenvalue weighted by atomic mass is 35.5. The van der Waals surface area contributed by atoms with Crippen molar-refractivity contribution >= 4 is 68.0 Å². The van der Waals surface area contributed by atoms with Crippen LogP contribution in [0.1, 0.15) is 0 Å². The molecular formula is C16H6Cl2F8N2O2S2. The van der Waals surface area contributed by atoms with Crippen LogP contribution >= 0.6 is 44.8 Å². The fraction of sp³-hybridized carbons (Fsp3) is 0.125. The van der Waals surface area contributed by atoms with Crippen LogP contribution in [0, 0.1) is 11.6 Å². The van der Waals surface area contributed by atoms with Gasteiger partial charge in [0.25, 0.3) is 0 Å². The number of benzene rings is 2. The zero-order chi connectivity index (χ0) is 24.4. The van der Waals surface area contributed by atoms with E-state index in [1.54, 1.807) is 0 Å². The van der Waals surface area contributed by atoms with Crippen LogP contribution < -0.4 is 10.6 Å². The molecule has 0 radical (unpaired) electrons. The van der Waals surface area contributed by atoms with Gasteiger partial charge in [-0.25, -0.2) is 8.78 Å². The van der Waals surface area contributed by atoms with Gasteiger partial charge in [0, 0.05) is 0 Å². The van der Waals surface area contributed by atoms with E-state index in [2.05, 4.69) is 0 Å². The third-order valence-corrected chi connectivity index (χ3v) is 6.30. The summed E-state index contributed by atoms with van der Waals surface area (Å²) in [5, 5.41) is 1.79. The smallest absolute Gasteiger partial charge is 0.317 e. The molecule has 0 fully saturated rings. The molecule has 0 saturated carbocycles. The number of anilines is 2. The fourth-order valence-electron chi connectivity index (χ4n) is 1.85. The van der Waals surface area contributed by atoms with Gasteiger partial charge in [-0.05, 0) is 45.9 Å². The van der Waals surface area contributed by atoms with Gasteiger partial charge in [-0.15, -0.1) is 0 Å². The van der Waals surface area contributed by atoms with Crippen LogP contribution in [0.4, 0.5) is 46.5 Å². The maximum Gasteiger partial charge on any atom is 0.471 e. The van der Waals surface area contributed by atoms with Crippen molar-refractivity contribution in [2.75, 3.05) is 10.6 Å². The van der Waals surface area contributed by atoms with Crippen molar-refractivity contribution < 1.29 is 44.7 Å². The highest BCUT2D eigenvalue weighted by molar-refractivity contribution is 8.76. The van der Waals surface area contributed by atoms with Gasteiger partial charge >= 0.3 is 24.2 Å². The minimum atomic E-state index is -5.25. The Bertz CT molecular complexity index is 980. The monoisotopic (exact) mass is 544 g/mol. The highest BCUT2D eigenvalue weighted by Gasteiger charge is 2.40. The minimum Gasteiger partial charge on any atom is -0.317 e. The summed E-state index contributed by atoms with van der Waals surface area (Å²) in [6.07, 6.45) is -10.5. The van der Waals surface area contributed by atoms with Crippen LogP contribution in [-0.2, 0) is 9.59 Å². The molecule has 0 aliphatic heterocycles. The second-order valence-electron chi connectivity index (χ2n) is 5.60. The van der Waals surface area contributed by atoms with E-state index in [-0.39, 0.29) is 0 Å². The van der Waals surface area contributed by atoms with Gasteiger partial charge in [0.2, 0.25) is 0 Å². The van der Waals surface area contributed by atoms with Crippen molar-refractivity contribution in [2.24, 2.45) is 0 Å². The van der Waals surface area contributed by atoms with Crippen LogP contribution in [0.3, 0.4) is 0 Å². The summed E-state index contributed by atoms with van der Waals surface area (Å²) in [4.78, 5) is 21.3. The molecule has 174 valence electrons. The number of amides is 2. The average Bonchev–Trinajstić information content (AvgIpc) is 2.64. The van der Waals surface area contributed by atoms with E-state index < -0.39 is 67.0 Å². The predicted molar refractivity (Wildman–Crippen MR) is 104 cm³/mol. The SMILES string of the molecule is O=C(Nc1cc(SSc2cc(NC(=O)C(F)(F)F)c(Cl)cc2F)c(F)cc1Cl)C(F)(F)F. The Kier molecular flexibility index (Phi) is 8.18. The molecular weight excluding hydrogens is 539 g/mol. The fourth-order valence-corrected chi connectivity index (χ4v) is 4.34. The van der Waals surface area contributed by atoms with E-state index >= 15 is 0 Å². The largest absolute Gasteiger partial charge is 0.471 e. The molecule has 2 N–H and O–H groups in total. The first kappa shape index (κ1) is 26.4. The number of alkyl halides is 6. The Hall–Kier alpha value is -1.90. The van der Waals surface area contributed by atoms with Crippen LogP contribution in [0.15, 0.2) is 34.1 Å². The van der Waals surface area contributed by atoms with E-state index in [0.717, 1.165) is 12.1 Å². The van der Waals surface area contributed by atoms with Crippen molar-refractivity contribution in [1.29, 1.82) is 0 Å². The summed E-state index contributed by atoms with van der Waals surface area (Å²) in [5.41, 5.74) is -1.18. The Morgan fingerprint density at radius 2 is 1.00 bits per heavy atom. The maximum atomic E-state index is 14.1. The van der Waals surface area contributed by atoms with Crippen molar-refractivity contribution in [2.45, 2.75) is 22.1 Å². The molecule has 4 nitrogen and oxygen atoms in total. The third-order valence-electron chi connectivity index (χ3n) is 3.28. The molecule has 0 spiro atoms. The molecule has 0 aliphatic rings. The third kappa shape index (κ3) is 6.80.